The molecule has 0 saturated carbocycles. The first-order valence-electron chi connectivity index (χ1n) is 4.49. The van der Waals surface area contributed by atoms with Crippen LogP contribution in [-0.4, -0.2) is 16.4 Å². The van der Waals surface area contributed by atoms with Crippen LogP contribution in [0.4, 0.5) is 13.2 Å². The number of nitrogens with zero attached hydrogens (tertiary/aromatic N) is 2. The van der Waals surface area contributed by atoms with Crippen LogP contribution in [0.5, 0.6) is 0 Å². The molecule has 2 N–H and O–H groups in total. The summed E-state index contributed by atoms with van der Waals surface area (Å²) in [4.78, 5) is 4.03. The molecule has 1 aliphatic heterocycles. The van der Waals surface area contributed by atoms with Gasteiger partial charge in [-0.15, -0.1) is 0 Å². The topological polar surface area (TPSA) is 43.3 Å². The van der Waals surface area contributed by atoms with Gasteiger partial charge in [0.15, 0.2) is 0 Å². The van der Waals surface area contributed by atoms with Crippen LogP contribution < -0.4 is 5.73 Å². The van der Waals surface area contributed by atoms with E-state index in [0.29, 0.717) is 12.2 Å². The van der Waals surface area contributed by atoms with E-state index in [-0.39, 0.29) is 11.9 Å². The highest BCUT2D eigenvalue weighted by atomic mass is 19.4. The Morgan fingerprint density at radius 1 is 1.53 bits per heavy atom. The van der Waals surface area contributed by atoms with Crippen LogP contribution in [0.2, 0.25) is 0 Å². The number of aliphatic imine (C=N–C) groups is 1. The van der Waals surface area contributed by atoms with Gasteiger partial charge >= 0.3 is 6.18 Å². The van der Waals surface area contributed by atoms with Crippen LogP contribution in [0.15, 0.2) is 17.3 Å². The molecule has 0 aliphatic carbocycles. The summed E-state index contributed by atoms with van der Waals surface area (Å²) in [7, 11) is 0. The van der Waals surface area contributed by atoms with Crippen LogP contribution in [0.1, 0.15) is 18.2 Å². The molecule has 1 atom stereocenters. The summed E-state index contributed by atoms with van der Waals surface area (Å²) in [6, 6.07) is 0.955. The van der Waals surface area contributed by atoms with Crippen molar-refractivity contribution in [2.75, 3.05) is 0 Å². The quantitative estimate of drug-likeness (QED) is 0.705. The minimum atomic E-state index is -4.33. The number of nitrogens with two attached hydrogens (primary N) is 1. The van der Waals surface area contributed by atoms with Crippen molar-refractivity contribution in [2.45, 2.75) is 25.7 Å². The number of alkyl halides is 3. The summed E-state index contributed by atoms with van der Waals surface area (Å²) in [6.07, 6.45) is -3.25. The smallest absolute Gasteiger partial charge is 0.382 e. The van der Waals surface area contributed by atoms with Gasteiger partial charge in [0, 0.05) is 12.7 Å². The maximum Gasteiger partial charge on any atom is 0.417 e. The van der Waals surface area contributed by atoms with Crippen LogP contribution in [0.25, 0.3) is 0 Å². The van der Waals surface area contributed by atoms with E-state index in [0.717, 1.165) is 12.3 Å². The average Bonchev–Trinajstić information content (AvgIpc) is 2.46. The minimum Gasteiger partial charge on any atom is -0.382 e. The van der Waals surface area contributed by atoms with E-state index >= 15 is 0 Å². The summed E-state index contributed by atoms with van der Waals surface area (Å²) in [5.41, 5.74) is 5.23. The largest absolute Gasteiger partial charge is 0.417 e. The van der Waals surface area contributed by atoms with Gasteiger partial charge in [0.1, 0.15) is 5.84 Å². The number of aromatic nitrogens is 1. The molecular formula is C9H10F3N3. The lowest BCUT2D eigenvalue weighted by molar-refractivity contribution is -0.137. The number of fused-ring (bicyclic) bond motifs is 1. The van der Waals surface area contributed by atoms with E-state index in [2.05, 4.69) is 4.99 Å². The molecule has 3 nitrogen and oxygen atoms in total. The molecule has 1 aromatic heterocycles. The van der Waals surface area contributed by atoms with Gasteiger partial charge in [0.2, 0.25) is 0 Å². The minimum absolute atomic E-state index is 0.0778. The molecule has 0 fully saturated rings. The third-order valence-corrected chi connectivity index (χ3v) is 2.31. The second-order valence-electron chi connectivity index (χ2n) is 3.63. The Bertz CT molecular complexity index is 417. The van der Waals surface area contributed by atoms with Crippen molar-refractivity contribution < 1.29 is 13.2 Å². The van der Waals surface area contributed by atoms with Crippen LogP contribution in [0, 0.1) is 0 Å². The Morgan fingerprint density at radius 2 is 2.20 bits per heavy atom. The molecular weight excluding hydrogens is 207 g/mol. The molecule has 1 aliphatic rings. The van der Waals surface area contributed by atoms with Crippen molar-refractivity contribution in [3.05, 3.63) is 23.5 Å². The van der Waals surface area contributed by atoms with Gasteiger partial charge in [0.25, 0.3) is 0 Å². The summed E-state index contributed by atoms with van der Waals surface area (Å²) in [5.74, 6) is 0.171. The van der Waals surface area contributed by atoms with Gasteiger partial charge in [-0.05, 0) is 13.0 Å². The standard InChI is InChI=1S/C9H10F3N3/c1-5-3-15-4-6(9(10,11)12)2-7(15)8(13)14-5/h2,4-5H,3H2,1H3,(H2,13,14). The molecule has 0 radical (unpaired) electrons. The maximum absolute atomic E-state index is 12.4. The van der Waals surface area contributed by atoms with Gasteiger partial charge in [-0.1, -0.05) is 0 Å². The van der Waals surface area contributed by atoms with E-state index in [4.69, 9.17) is 5.73 Å². The fraction of sp³-hybridized carbons (Fsp3) is 0.444. The molecule has 0 amide bonds. The average molecular weight is 217 g/mol. The van der Waals surface area contributed by atoms with Crippen molar-refractivity contribution in [3.63, 3.8) is 0 Å². The number of hydrogen-bond acceptors (Lipinski definition) is 2. The fourth-order valence-corrected chi connectivity index (χ4v) is 1.66. The fourth-order valence-electron chi connectivity index (χ4n) is 1.66. The zero-order valence-electron chi connectivity index (χ0n) is 8.04. The maximum atomic E-state index is 12.4. The molecule has 82 valence electrons. The lowest BCUT2D eigenvalue weighted by atomic mass is 10.2. The van der Waals surface area contributed by atoms with Crippen molar-refractivity contribution >= 4 is 5.84 Å². The molecule has 0 spiro atoms. The molecule has 0 aromatic carbocycles. The Morgan fingerprint density at radius 3 is 2.80 bits per heavy atom. The highest BCUT2D eigenvalue weighted by Crippen LogP contribution is 2.31. The van der Waals surface area contributed by atoms with E-state index in [1.807, 2.05) is 6.92 Å². The van der Waals surface area contributed by atoms with Crippen molar-refractivity contribution in [3.8, 4) is 0 Å². The second-order valence-corrected chi connectivity index (χ2v) is 3.63. The molecule has 0 bridgehead atoms. The Hall–Kier alpha value is -1.46. The third-order valence-electron chi connectivity index (χ3n) is 2.31. The third kappa shape index (κ3) is 1.71. The van der Waals surface area contributed by atoms with E-state index in [1.165, 1.54) is 4.57 Å². The Kier molecular flexibility index (Phi) is 2.02. The zero-order chi connectivity index (χ0) is 11.2. The molecule has 15 heavy (non-hydrogen) atoms. The zero-order valence-corrected chi connectivity index (χ0v) is 8.04. The highest BCUT2D eigenvalue weighted by Gasteiger charge is 2.33. The van der Waals surface area contributed by atoms with Crippen LogP contribution in [-0.2, 0) is 12.7 Å². The normalized spacial score (nSPS) is 21.1. The van der Waals surface area contributed by atoms with E-state index in [9.17, 15) is 13.2 Å². The lowest BCUT2D eigenvalue weighted by Gasteiger charge is -2.17. The highest BCUT2D eigenvalue weighted by molar-refractivity contribution is 5.97. The number of hydrogen-bond donors (Lipinski definition) is 1. The predicted octanol–water partition coefficient (Wildman–Crippen LogP) is 1.61. The number of rotatable bonds is 0. The van der Waals surface area contributed by atoms with Gasteiger partial charge < -0.3 is 10.3 Å². The predicted molar refractivity (Wildman–Crippen MR) is 49.6 cm³/mol. The SMILES string of the molecule is CC1Cn2cc(C(F)(F)F)cc2C(N)=N1. The van der Waals surface area contributed by atoms with E-state index in [1.54, 1.807) is 0 Å². The summed E-state index contributed by atoms with van der Waals surface area (Å²) in [5, 5.41) is 0. The van der Waals surface area contributed by atoms with Gasteiger partial charge in [0.05, 0.1) is 17.3 Å². The summed E-state index contributed by atoms with van der Waals surface area (Å²) in [6.45, 7) is 2.25. The van der Waals surface area contributed by atoms with Gasteiger partial charge in [-0.25, -0.2) is 0 Å². The number of amidine groups is 1. The van der Waals surface area contributed by atoms with Crippen LogP contribution in [0.3, 0.4) is 0 Å². The first-order valence-corrected chi connectivity index (χ1v) is 4.49. The molecule has 1 aromatic rings. The molecule has 2 rings (SSSR count). The molecule has 0 saturated heterocycles. The Labute approximate surface area is 84.4 Å². The summed E-state index contributed by atoms with van der Waals surface area (Å²) >= 11 is 0. The van der Waals surface area contributed by atoms with Crippen molar-refractivity contribution in [1.82, 2.24) is 4.57 Å². The Balaban J connectivity index is 2.46. The molecule has 1 unspecified atom stereocenters. The summed E-state index contributed by atoms with van der Waals surface area (Å²) < 4.78 is 38.7. The van der Waals surface area contributed by atoms with Crippen LogP contribution >= 0.6 is 0 Å². The molecule has 6 heteroatoms. The van der Waals surface area contributed by atoms with Crippen molar-refractivity contribution in [2.24, 2.45) is 10.7 Å². The molecule has 2 heterocycles. The first kappa shape index (κ1) is 10.1. The lowest BCUT2D eigenvalue weighted by Crippen LogP contribution is -2.28. The van der Waals surface area contributed by atoms with E-state index < -0.39 is 11.7 Å². The second kappa shape index (κ2) is 3.01. The van der Waals surface area contributed by atoms with Gasteiger partial charge in [-0.2, -0.15) is 13.2 Å². The first-order chi connectivity index (χ1) is 6.88. The number of halogens is 3. The van der Waals surface area contributed by atoms with Gasteiger partial charge in [-0.3, -0.25) is 4.99 Å². The van der Waals surface area contributed by atoms with Crippen molar-refractivity contribution in [1.29, 1.82) is 0 Å². The monoisotopic (exact) mass is 217 g/mol.